The molecule has 0 heterocycles. The zero-order chi connectivity index (χ0) is 26.0. The molecule has 0 bridgehead atoms. The van der Waals surface area contributed by atoms with Crippen molar-refractivity contribution in [2.75, 3.05) is 26.4 Å². The molecular formula is C26H53O8P. The first-order valence-corrected chi connectivity index (χ1v) is 15.3. The first-order chi connectivity index (χ1) is 16.9. The van der Waals surface area contributed by atoms with Gasteiger partial charge in [-0.3, -0.25) is 9.05 Å². The molecular weight excluding hydrogens is 471 g/mol. The molecule has 9 heteroatoms. The third-order valence-corrected chi connectivity index (χ3v) is 6.73. The van der Waals surface area contributed by atoms with Crippen LogP contribution < -0.4 is 0 Å². The van der Waals surface area contributed by atoms with Crippen molar-refractivity contribution in [3.63, 3.8) is 0 Å². The zero-order valence-corrected chi connectivity index (χ0v) is 22.9. The summed E-state index contributed by atoms with van der Waals surface area (Å²) < 4.78 is 25.9. The Morgan fingerprint density at radius 1 is 0.686 bits per heavy atom. The minimum absolute atomic E-state index is 0.0747. The van der Waals surface area contributed by atoms with Gasteiger partial charge in [0.2, 0.25) is 0 Å². The maximum absolute atomic E-state index is 11.5. The normalized spacial score (nSPS) is 15.3. The van der Waals surface area contributed by atoms with Crippen LogP contribution in [0, 0.1) is 0 Å². The number of rotatable bonds is 27. The van der Waals surface area contributed by atoms with Crippen molar-refractivity contribution in [1.29, 1.82) is 0 Å². The zero-order valence-electron chi connectivity index (χ0n) is 22.0. The third-order valence-electron chi connectivity index (χ3n) is 5.78. The molecule has 3 atom stereocenters. The van der Waals surface area contributed by atoms with Gasteiger partial charge in [0, 0.05) is 0 Å². The van der Waals surface area contributed by atoms with Crippen LogP contribution >= 0.6 is 7.82 Å². The smallest absolute Gasteiger partial charge is 0.472 e. The Morgan fingerprint density at radius 2 is 1.11 bits per heavy atom. The summed E-state index contributed by atoms with van der Waals surface area (Å²) in [6.45, 7) is 0.606. The highest BCUT2D eigenvalue weighted by molar-refractivity contribution is 7.47. The van der Waals surface area contributed by atoms with Crippen LogP contribution in [0.2, 0.25) is 0 Å². The standard InChI is InChI=1S/C26H53O8P/c1-2-3-4-5-6-7-8-9-10-11-12-13-14-15-16-17-18-19-20-32-22-26(29)24-34-35(30,31)33-23-25(28)21-27/h19-20,25-29H,2-18,21-24H2,1H3,(H,30,31)/b20-19-/t25-,26+/m0/s1. The predicted molar refractivity (Wildman–Crippen MR) is 140 cm³/mol. The van der Waals surface area contributed by atoms with Gasteiger partial charge in [-0.15, -0.1) is 0 Å². The Hall–Kier alpha value is -0.470. The van der Waals surface area contributed by atoms with E-state index in [-0.39, 0.29) is 6.61 Å². The van der Waals surface area contributed by atoms with Crippen LogP contribution in [0.5, 0.6) is 0 Å². The second kappa shape index (κ2) is 25.2. The molecule has 0 aliphatic carbocycles. The minimum atomic E-state index is -4.40. The van der Waals surface area contributed by atoms with E-state index in [2.05, 4.69) is 16.0 Å². The molecule has 0 aromatic heterocycles. The predicted octanol–water partition coefficient (Wildman–Crippen LogP) is 6.02. The molecule has 0 saturated carbocycles. The van der Waals surface area contributed by atoms with Crippen molar-refractivity contribution in [2.24, 2.45) is 0 Å². The molecule has 0 fully saturated rings. The second-order valence-corrected chi connectivity index (χ2v) is 10.8. The van der Waals surface area contributed by atoms with Crippen LogP contribution in [0.1, 0.15) is 116 Å². The van der Waals surface area contributed by atoms with Gasteiger partial charge in [0.15, 0.2) is 0 Å². The molecule has 8 nitrogen and oxygen atoms in total. The van der Waals surface area contributed by atoms with E-state index < -0.39 is 39.9 Å². The number of ether oxygens (including phenoxy) is 1. The van der Waals surface area contributed by atoms with Crippen LogP contribution in [-0.4, -0.2) is 58.8 Å². The molecule has 0 aromatic rings. The summed E-state index contributed by atoms with van der Waals surface area (Å²) in [5.41, 5.74) is 0. The molecule has 0 amide bonds. The summed E-state index contributed by atoms with van der Waals surface area (Å²) in [5.74, 6) is 0. The summed E-state index contributed by atoms with van der Waals surface area (Å²) in [7, 11) is -4.40. The van der Waals surface area contributed by atoms with E-state index in [1.165, 1.54) is 103 Å². The number of unbranched alkanes of at least 4 members (excludes halogenated alkanes) is 16. The Morgan fingerprint density at radius 3 is 1.57 bits per heavy atom. The molecule has 4 N–H and O–H groups in total. The van der Waals surface area contributed by atoms with Crippen molar-refractivity contribution in [3.8, 4) is 0 Å². The van der Waals surface area contributed by atoms with Crippen molar-refractivity contribution in [3.05, 3.63) is 12.3 Å². The highest BCUT2D eigenvalue weighted by atomic mass is 31.2. The summed E-state index contributed by atoms with van der Waals surface area (Å²) in [5, 5.41) is 27.5. The van der Waals surface area contributed by atoms with Crippen molar-refractivity contribution >= 4 is 7.82 Å². The minimum Gasteiger partial charge on any atom is -0.499 e. The molecule has 0 aromatic carbocycles. The lowest BCUT2D eigenvalue weighted by Gasteiger charge is -2.16. The van der Waals surface area contributed by atoms with E-state index in [1.807, 2.05) is 6.08 Å². The molecule has 210 valence electrons. The highest BCUT2D eigenvalue weighted by Gasteiger charge is 2.24. The summed E-state index contributed by atoms with van der Waals surface area (Å²) in [4.78, 5) is 9.40. The maximum atomic E-state index is 11.5. The van der Waals surface area contributed by atoms with Crippen LogP contribution in [0.3, 0.4) is 0 Å². The summed E-state index contributed by atoms with van der Waals surface area (Å²) >= 11 is 0. The fourth-order valence-electron chi connectivity index (χ4n) is 3.61. The number of aliphatic hydroxyl groups is 3. The number of hydrogen-bond acceptors (Lipinski definition) is 7. The highest BCUT2D eigenvalue weighted by Crippen LogP contribution is 2.43. The average molecular weight is 525 g/mol. The van der Waals surface area contributed by atoms with Crippen LogP contribution in [-0.2, 0) is 18.3 Å². The van der Waals surface area contributed by atoms with Gasteiger partial charge in [-0.25, -0.2) is 4.57 Å². The van der Waals surface area contributed by atoms with Gasteiger partial charge in [-0.1, -0.05) is 103 Å². The third kappa shape index (κ3) is 26.4. The first-order valence-electron chi connectivity index (χ1n) is 13.8. The average Bonchev–Trinajstić information content (AvgIpc) is 2.85. The van der Waals surface area contributed by atoms with E-state index in [1.54, 1.807) is 0 Å². The Kier molecular flexibility index (Phi) is 24.9. The maximum Gasteiger partial charge on any atom is 0.472 e. The van der Waals surface area contributed by atoms with Crippen LogP contribution in [0.25, 0.3) is 0 Å². The molecule has 1 unspecified atom stereocenters. The second-order valence-electron chi connectivity index (χ2n) is 9.35. The van der Waals surface area contributed by atoms with E-state index >= 15 is 0 Å². The summed E-state index contributed by atoms with van der Waals surface area (Å²) in [6, 6.07) is 0. The molecule has 0 aliphatic rings. The van der Waals surface area contributed by atoms with Gasteiger partial charge in [0.1, 0.15) is 18.8 Å². The molecule has 0 aliphatic heterocycles. The molecule has 0 rings (SSSR count). The van der Waals surface area contributed by atoms with Gasteiger partial charge in [-0.05, 0) is 18.9 Å². The first kappa shape index (κ1) is 34.5. The van der Waals surface area contributed by atoms with E-state index in [9.17, 15) is 14.6 Å². The largest absolute Gasteiger partial charge is 0.499 e. The van der Waals surface area contributed by atoms with Crippen LogP contribution in [0.4, 0.5) is 0 Å². The van der Waals surface area contributed by atoms with Gasteiger partial charge in [0.25, 0.3) is 0 Å². The molecule has 0 spiro atoms. The van der Waals surface area contributed by atoms with E-state index in [0.29, 0.717) is 0 Å². The molecule has 0 radical (unpaired) electrons. The van der Waals surface area contributed by atoms with E-state index in [4.69, 9.17) is 14.9 Å². The number of hydrogen-bond donors (Lipinski definition) is 4. The van der Waals surface area contributed by atoms with Gasteiger partial charge in [-0.2, -0.15) is 0 Å². The van der Waals surface area contributed by atoms with Gasteiger partial charge < -0.3 is 24.9 Å². The number of phosphoric ester groups is 1. The van der Waals surface area contributed by atoms with Crippen molar-refractivity contribution < 1.29 is 38.6 Å². The van der Waals surface area contributed by atoms with E-state index in [0.717, 1.165) is 12.8 Å². The number of aliphatic hydroxyl groups excluding tert-OH is 3. The Balaban J connectivity index is 3.39. The molecule has 0 saturated heterocycles. The fourth-order valence-corrected chi connectivity index (χ4v) is 4.41. The van der Waals surface area contributed by atoms with Gasteiger partial charge in [0.05, 0.1) is 26.1 Å². The quantitative estimate of drug-likeness (QED) is 0.0584. The topological polar surface area (TPSA) is 126 Å². The van der Waals surface area contributed by atoms with Crippen molar-refractivity contribution in [1.82, 2.24) is 0 Å². The van der Waals surface area contributed by atoms with Crippen molar-refractivity contribution in [2.45, 2.75) is 128 Å². The monoisotopic (exact) mass is 524 g/mol. The van der Waals surface area contributed by atoms with Crippen LogP contribution in [0.15, 0.2) is 12.3 Å². The lowest BCUT2D eigenvalue weighted by Crippen LogP contribution is -2.22. The Labute approximate surface area is 213 Å². The SMILES string of the molecule is CCCCCCCCCCCCCCCCCC/C=C\OC[C@@H](O)COP(=O)(O)OC[C@@H](O)CO. The Bertz CT molecular complexity index is 518. The molecule has 35 heavy (non-hydrogen) atoms. The van der Waals surface area contributed by atoms with Gasteiger partial charge >= 0.3 is 7.82 Å². The summed E-state index contributed by atoms with van der Waals surface area (Å²) in [6.07, 6.45) is 23.5. The lowest BCUT2D eigenvalue weighted by atomic mass is 10.0. The number of allylic oxidation sites excluding steroid dienone is 1. The number of phosphoric acid groups is 1. The lowest BCUT2D eigenvalue weighted by molar-refractivity contribution is 0.0136. The fraction of sp³-hybridized carbons (Fsp3) is 0.923.